The molecular weight excluding hydrogens is 366 g/mol. The summed E-state index contributed by atoms with van der Waals surface area (Å²) in [5.41, 5.74) is 3.26. The topological polar surface area (TPSA) is 98.2 Å². The van der Waals surface area contributed by atoms with Crippen molar-refractivity contribution in [2.24, 2.45) is 0 Å². The van der Waals surface area contributed by atoms with E-state index in [9.17, 15) is 9.90 Å². The van der Waals surface area contributed by atoms with E-state index in [4.69, 9.17) is 16.7 Å². The number of aliphatic hydroxyl groups is 2. The van der Waals surface area contributed by atoms with Gasteiger partial charge in [0, 0.05) is 25.1 Å². The Morgan fingerprint density at radius 2 is 1.96 bits per heavy atom. The molecule has 0 bridgehead atoms. The van der Waals surface area contributed by atoms with Crippen LogP contribution in [0.3, 0.4) is 0 Å². The fourth-order valence-electron chi connectivity index (χ4n) is 2.70. The van der Waals surface area contributed by atoms with Crippen LogP contribution in [-0.4, -0.2) is 39.5 Å². The molecule has 27 heavy (non-hydrogen) atoms. The second-order valence-electron chi connectivity index (χ2n) is 6.08. The highest BCUT2D eigenvalue weighted by Gasteiger charge is 2.15. The van der Waals surface area contributed by atoms with Crippen molar-refractivity contribution in [3.8, 4) is 11.3 Å². The van der Waals surface area contributed by atoms with E-state index in [0.29, 0.717) is 17.0 Å². The Bertz CT molecular complexity index is 912. The summed E-state index contributed by atoms with van der Waals surface area (Å²) in [6, 6.07) is 16.0. The number of amides is 1. The lowest BCUT2D eigenvalue weighted by molar-refractivity contribution is 0.0916. The molecule has 0 aliphatic carbocycles. The zero-order chi connectivity index (χ0) is 19.2. The Labute approximate surface area is 161 Å². The lowest BCUT2D eigenvalue weighted by atomic mass is 10.1. The number of benzene rings is 2. The Morgan fingerprint density at radius 3 is 2.70 bits per heavy atom. The summed E-state index contributed by atoms with van der Waals surface area (Å²) in [6.07, 6.45) is -0.347. The maximum absolute atomic E-state index is 12.5. The van der Waals surface area contributed by atoms with Crippen LogP contribution in [0.4, 0.5) is 0 Å². The van der Waals surface area contributed by atoms with Crippen molar-refractivity contribution in [2.75, 3.05) is 13.2 Å². The monoisotopic (exact) mass is 385 g/mol. The van der Waals surface area contributed by atoms with Crippen LogP contribution in [0.5, 0.6) is 0 Å². The summed E-state index contributed by atoms with van der Waals surface area (Å²) in [7, 11) is 0. The number of halogens is 1. The SMILES string of the molecule is O=C(NCC(O)c1ccccc1)c1cc(-c2cc(CCO)n[nH]2)ccc1Cl. The van der Waals surface area contributed by atoms with E-state index < -0.39 is 6.10 Å². The number of carbonyl (C=O) groups excluding carboxylic acids is 1. The molecule has 3 aromatic rings. The summed E-state index contributed by atoms with van der Waals surface area (Å²) in [6.45, 7) is 0.0937. The minimum atomic E-state index is -0.800. The van der Waals surface area contributed by atoms with Crippen LogP contribution in [0.2, 0.25) is 5.02 Å². The first-order valence-electron chi connectivity index (χ1n) is 8.54. The van der Waals surface area contributed by atoms with Crippen LogP contribution in [0.15, 0.2) is 54.6 Å². The second-order valence-corrected chi connectivity index (χ2v) is 6.48. The van der Waals surface area contributed by atoms with Crippen molar-refractivity contribution in [1.82, 2.24) is 15.5 Å². The Balaban J connectivity index is 1.72. The van der Waals surface area contributed by atoms with Crippen LogP contribution in [0, 0.1) is 0 Å². The molecule has 0 radical (unpaired) electrons. The first-order valence-corrected chi connectivity index (χ1v) is 8.92. The average molecular weight is 386 g/mol. The summed E-state index contributed by atoms with van der Waals surface area (Å²) in [5, 5.41) is 29.2. The van der Waals surface area contributed by atoms with E-state index in [1.807, 2.05) is 24.3 Å². The fourth-order valence-corrected chi connectivity index (χ4v) is 2.90. The molecule has 2 aromatic carbocycles. The molecule has 1 unspecified atom stereocenters. The number of hydrogen-bond donors (Lipinski definition) is 4. The minimum Gasteiger partial charge on any atom is -0.396 e. The molecule has 3 rings (SSSR count). The summed E-state index contributed by atoms with van der Waals surface area (Å²) in [4.78, 5) is 12.5. The van der Waals surface area contributed by atoms with Crippen LogP contribution in [0.1, 0.15) is 27.7 Å². The van der Waals surface area contributed by atoms with Crippen LogP contribution in [0.25, 0.3) is 11.3 Å². The normalized spacial score (nSPS) is 12.0. The molecule has 0 aliphatic rings. The molecule has 1 aromatic heterocycles. The average Bonchev–Trinajstić information content (AvgIpc) is 3.16. The summed E-state index contributed by atoms with van der Waals surface area (Å²) in [5.74, 6) is -0.369. The fraction of sp³-hybridized carbons (Fsp3) is 0.200. The highest BCUT2D eigenvalue weighted by molar-refractivity contribution is 6.34. The van der Waals surface area contributed by atoms with Crippen molar-refractivity contribution in [3.63, 3.8) is 0 Å². The van der Waals surface area contributed by atoms with Gasteiger partial charge in [0.05, 0.1) is 28.1 Å². The van der Waals surface area contributed by atoms with Crippen molar-refractivity contribution >= 4 is 17.5 Å². The third-order valence-electron chi connectivity index (χ3n) is 4.16. The first kappa shape index (κ1) is 19.1. The van der Waals surface area contributed by atoms with Gasteiger partial charge in [0.15, 0.2) is 0 Å². The van der Waals surface area contributed by atoms with Gasteiger partial charge in [-0.05, 0) is 23.8 Å². The number of carbonyl (C=O) groups is 1. The molecule has 0 saturated carbocycles. The predicted octanol–water partition coefficient (Wildman–Crippen LogP) is 2.73. The molecule has 1 amide bonds. The zero-order valence-electron chi connectivity index (χ0n) is 14.5. The van der Waals surface area contributed by atoms with Gasteiger partial charge in [-0.2, -0.15) is 5.10 Å². The maximum atomic E-state index is 12.5. The first-order chi connectivity index (χ1) is 13.1. The summed E-state index contributed by atoms with van der Waals surface area (Å²) >= 11 is 6.18. The number of aromatic nitrogens is 2. The number of hydrogen-bond acceptors (Lipinski definition) is 4. The predicted molar refractivity (Wildman–Crippen MR) is 104 cm³/mol. The molecule has 1 heterocycles. The third-order valence-corrected chi connectivity index (χ3v) is 4.49. The van der Waals surface area contributed by atoms with Crippen LogP contribution in [-0.2, 0) is 6.42 Å². The number of aliphatic hydroxyl groups excluding tert-OH is 2. The van der Waals surface area contributed by atoms with Gasteiger partial charge >= 0.3 is 0 Å². The van der Waals surface area contributed by atoms with Gasteiger partial charge in [0.2, 0.25) is 0 Å². The van der Waals surface area contributed by atoms with Gasteiger partial charge in [-0.15, -0.1) is 0 Å². The Morgan fingerprint density at radius 1 is 1.19 bits per heavy atom. The number of nitrogens with zero attached hydrogens (tertiary/aromatic N) is 1. The number of aromatic amines is 1. The van der Waals surface area contributed by atoms with Gasteiger partial charge in [0.25, 0.3) is 5.91 Å². The van der Waals surface area contributed by atoms with E-state index in [-0.39, 0.29) is 19.1 Å². The lowest BCUT2D eigenvalue weighted by Crippen LogP contribution is -2.28. The van der Waals surface area contributed by atoms with E-state index in [2.05, 4.69) is 15.5 Å². The largest absolute Gasteiger partial charge is 0.396 e. The van der Waals surface area contributed by atoms with Crippen molar-refractivity contribution in [3.05, 3.63) is 76.4 Å². The minimum absolute atomic E-state index is 0.0162. The van der Waals surface area contributed by atoms with Crippen molar-refractivity contribution in [1.29, 1.82) is 0 Å². The molecule has 7 heteroatoms. The molecule has 4 N–H and O–H groups in total. The van der Waals surface area contributed by atoms with Gasteiger partial charge in [-0.25, -0.2) is 0 Å². The molecule has 0 saturated heterocycles. The van der Waals surface area contributed by atoms with Crippen molar-refractivity contribution < 1.29 is 15.0 Å². The number of H-pyrrole nitrogens is 1. The van der Waals surface area contributed by atoms with Crippen molar-refractivity contribution in [2.45, 2.75) is 12.5 Å². The van der Waals surface area contributed by atoms with Gasteiger partial charge in [0.1, 0.15) is 0 Å². The van der Waals surface area contributed by atoms with Gasteiger partial charge in [-0.1, -0.05) is 48.0 Å². The van der Waals surface area contributed by atoms with E-state index in [0.717, 1.165) is 22.5 Å². The quantitative estimate of drug-likeness (QED) is 0.502. The second kappa shape index (κ2) is 8.81. The molecule has 0 spiro atoms. The Kier molecular flexibility index (Phi) is 6.24. The smallest absolute Gasteiger partial charge is 0.252 e. The maximum Gasteiger partial charge on any atom is 0.252 e. The molecule has 1 atom stereocenters. The van der Waals surface area contributed by atoms with Crippen LogP contribution >= 0.6 is 11.6 Å². The van der Waals surface area contributed by atoms with E-state index >= 15 is 0 Å². The lowest BCUT2D eigenvalue weighted by Gasteiger charge is -2.13. The summed E-state index contributed by atoms with van der Waals surface area (Å²) < 4.78 is 0. The molecule has 140 valence electrons. The molecular formula is C20H20ClN3O3. The van der Waals surface area contributed by atoms with Gasteiger partial charge < -0.3 is 15.5 Å². The van der Waals surface area contributed by atoms with Gasteiger partial charge in [-0.3, -0.25) is 9.89 Å². The number of nitrogens with one attached hydrogen (secondary N) is 2. The third kappa shape index (κ3) is 4.74. The van der Waals surface area contributed by atoms with Crippen LogP contribution < -0.4 is 5.32 Å². The van der Waals surface area contributed by atoms with E-state index in [1.54, 1.807) is 30.3 Å². The highest BCUT2D eigenvalue weighted by atomic mass is 35.5. The highest BCUT2D eigenvalue weighted by Crippen LogP contribution is 2.25. The molecule has 0 fully saturated rings. The number of rotatable bonds is 7. The van der Waals surface area contributed by atoms with E-state index in [1.165, 1.54) is 0 Å². The standard InChI is InChI=1S/C20H20ClN3O3/c21-17-7-6-14(18-11-15(8-9-25)23-24-18)10-16(17)20(27)22-12-19(26)13-4-2-1-3-5-13/h1-7,10-11,19,25-26H,8-9,12H2,(H,22,27)(H,23,24). The Hall–Kier alpha value is -2.67. The molecule has 0 aliphatic heterocycles. The molecule has 6 nitrogen and oxygen atoms in total. The zero-order valence-corrected chi connectivity index (χ0v) is 15.3.